The van der Waals surface area contributed by atoms with Gasteiger partial charge in [0, 0.05) is 19.6 Å². The maximum absolute atomic E-state index is 11.4. The van der Waals surface area contributed by atoms with Crippen molar-refractivity contribution >= 4 is 11.7 Å². The van der Waals surface area contributed by atoms with Gasteiger partial charge in [0.25, 0.3) is 5.91 Å². The third-order valence-electron chi connectivity index (χ3n) is 3.52. The second-order valence-electron chi connectivity index (χ2n) is 4.78. The summed E-state index contributed by atoms with van der Waals surface area (Å²) < 4.78 is 0. The van der Waals surface area contributed by atoms with Crippen LogP contribution in [0.2, 0.25) is 0 Å². The predicted molar refractivity (Wildman–Crippen MR) is 74.1 cm³/mol. The molecule has 104 valence electrons. The molecule has 1 aromatic rings. The lowest BCUT2D eigenvalue weighted by Crippen LogP contribution is -2.42. The quantitative estimate of drug-likeness (QED) is 0.782. The van der Waals surface area contributed by atoms with E-state index in [9.17, 15) is 4.79 Å². The Balaban J connectivity index is 2.09. The number of hydrogen-bond acceptors (Lipinski definition) is 5. The second kappa shape index (κ2) is 6.47. The zero-order chi connectivity index (χ0) is 13.7. The van der Waals surface area contributed by atoms with E-state index in [0.29, 0.717) is 18.3 Å². The summed E-state index contributed by atoms with van der Waals surface area (Å²) in [7, 11) is 1.58. The number of aromatic nitrogens is 2. The molecule has 1 aliphatic rings. The van der Waals surface area contributed by atoms with Crippen molar-refractivity contribution in [1.29, 1.82) is 0 Å². The van der Waals surface area contributed by atoms with E-state index in [1.54, 1.807) is 13.1 Å². The van der Waals surface area contributed by atoms with E-state index in [4.69, 9.17) is 5.73 Å². The first-order valence-corrected chi connectivity index (χ1v) is 6.78. The van der Waals surface area contributed by atoms with Gasteiger partial charge in [0.15, 0.2) is 11.5 Å². The maximum Gasteiger partial charge on any atom is 0.271 e. The molecule has 1 fully saturated rings. The number of hydrogen-bond donors (Lipinski definition) is 2. The Morgan fingerprint density at radius 3 is 2.74 bits per heavy atom. The van der Waals surface area contributed by atoms with Crippen LogP contribution < -0.4 is 16.0 Å². The number of amides is 1. The highest BCUT2D eigenvalue weighted by molar-refractivity contribution is 5.91. The number of rotatable bonds is 6. The summed E-state index contributed by atoms with van der Waals surface area (Å²) in [5, 5.41) is 10.7. The molecule has 0 saturated heterocycles. The Labute approximate surface area is 113 Å². The van der Waals surface area contributed by atoms with Gasteiger partial charge in [-0.1, -0.05) is 0 Å². The molecule has 3 N–H and O–H groups in total. The lowest BCUT2D eigenvalue weighted by atomic mass is 9.91. The van der Waals surface area contributed by atoms with Crippen molar-refractivity contribution in [1.82, 2.24) is 15.5 Å². The number of nitrogens with zero attached hydrogens (tertiary/aromatic N) is 3. The molecular formula is C13H21N5O. The molecule has 6 nitrogen and oxygen atoms in total. The number of carbonyl (C=O) groups excluding carboxylic acids is 1. The van der Waals surface area contributed by atoms with E-state index >= 15 is 0 Å². The van der Waals surface area contributed by atoms with Crippen LogP contribution >= 0.6 is 0 Å². The number of anilines is 1. The van der Waals surface area contributed by atoms with Crippen LogP contribution in [0, 0.1) is 0 Å². The van der Waals surface area contributed by atoms with Crippen LogP contribution in [-0.4, -0.2) is 42.3 Å². The Kier molecular flexibility index (Phi) is 4.68. The number of carbonyl (C=O) groups is 1. The molecule has 0 bridgehead atoms. The Morgan fingerprint density at radius 2 is 2.26 bits per heavy atom. The molecule has 0 radical (unpaired) electrons. The van der Waals surface area contributed by atoms with Crippen molar-refractivity contribution in [3.05, 3.63) is 17.8 Å². The lowest BCUT2D eigenvalue weighted by Gasteiger charge is -2.38. The van der Waals surface area contributed by atoms with Crippen molar-refractivity contribution in [3.8, 4) is 0 Å². The molecule has 1 aliphatic carbocycles. The van der Waals surface area contributed by atoms with Crippen LogP contribution in [-0.2, 0) is 0 Å². The van der Waals surface area contributed by atoms with E-state index < -0.39 is 0 Å². The summed E-state index contributed by atoms with van der Waals surface area (Å²) in [6.45, 7) is 1.57. The minimum Gasteiger partial charge on any atom is -0.354 e. The normalized spacial score (nSPS) is 14.8. The van der Waals surface area contributed by atoms with Crippen molar-refractivity contribution in [2.24, 2.45) is 5.73 Å². The van der Waals surface area contributed by atoms with Crippen molar-refractivity contribution in [3.63, 3.8) is 0 Å². The Bertz CT molecular complexity index is 416. The SMILES string of the molecule is CNC(=O)c1ccc(N(CCCN)C2CCC2)nn1. The standard InChI is InChI=1S/C13H21N5O/c1-15-13(19)11-6-7-12(17-16-11)18(9-3-8-14)10-4-2-5-10/h6-7,10H,2-5,8-9,14H2,1H3,(H,15,19). The average molecular weight is 263 g/mol. The molecule has 0 atom stereocenters. The van der Waals surface area contributed by atoms with Crippen LogP contribution in [0.5, 0.6) is 0 Å². The molecule has 0 aliphatic heterocycles. The summed E-state index contributed by atoms with van der Waals surface area (Å²) in [5.41, 5.74) is 5.93. The average Bonchev–Trinajstić information content (AvgIpc) is 2.40. The molecule has 6 heteroatoms. The monoisotopic (exact) mass is 263 g/mol. The van der Waals surface area contributed by atoms with Gasteiger partial charge in [0.2, 0.25) is 0 Å². The molecule has 0 spiro atoms. The fourth-order valence-corrected chi connectivity index (χ4v) is 2.17. The van der Waals surface area contributed by atoms with E-state index in [0.717, 1.165) is 18.8 Å². The molecule has 1 amide bonds. The van der Waals surface area contributed by atoms with Crippen LogP contribution in [0.25, 0.3) is 0 Å². The molecule has 1 aromatic heterocycles. The zero-order valence-electron chi connectivity index (χ0n) is 11.3. The summed E-state index contributed by atoms with van der Waals surface area (Å²) in [6, 6.07) is 4.13. The second-order valence-corrected chi connectivity index (χ2v) is 4.78. The third kappa shape index (κ3) is 3.20. The maximum atomic E-state index is 11.4. The first-order valence-electron chi connectivity index (χ1n) is 6.78. The summed E-state index contributed by atoms with van der Waals surface area (Å²) in [5.74, 6) is 0.627. The van der Waals surface area contributed by atoms with Crippen LogP contribution in [0.1, 0.15) is 36.2 Å². The molecule has 0 unspecified atom stereocenters. The van der Waals surface area contributed by atoms with E-state index in [1.165, 1.54) is 19.3 Å². The van der Waals surface area contributed by atoms with Crippen molar-refractivity contribution < 1.29 is 4.79 Å². The Morgan fingerprint density at radius 1 is 1.47 bits per heavy atom. The van der Waals surface area contributed by atoms with Crippen molar-refractivity contribution in [2.45, 2.75) is 31.7 Å². The highest BCUT2D eigenvalue weighted by Crippen LogP contribution is 2.28. The van der Waals surface area contributed by atoms with Gasteiger partial charge < -0.3 is 16.0 Å². The first kappa shape index (κ1) is 13.7. The fourth-order valence-electron chi connectivity index (χ4n) is 2.17. The van der Waals surface area contributed by atoms with Crippen LogP contribution in [0.15, 0.2) is 12.1 Å². The van der Waals surface area contributed by atoms with Gasteiger partial charge in [-0.15, -0.1) is 10.2 Å². The van der Waals surface area contributed by atoms with Crippen LogP contribution in [0.4, 0.5) is 5.82 Å². The van der Waals surface area contributed by atoms with Gasteiger partial charge in [-0.05, 0) is 44.4 Å². The molecular weight excluding hydrogens is 242 g/mol. The third-order valence-corrected chi connectivity index (χ3v) is 3.52. The van der Waals surface area contributed by atoms with E-state index in [-0.39, 0.29) is 5.91 Å². The lowest BCUT2D eigenvalue weighted by molar-refractivity contribution is 0.0957. The summed E-state index contributed by atoms with van der Waals surface area (Å²) >= 11 is 0. The first-order chi connectivity index (χ1) is 9.26. The number of nitrogens with one attached hydrogen (secondary N) is 1. The summed E-state index contributed by atoms with van der Waals surface area (Å²) in [6.07, 6.45) is 4.61. The van der Waals surface area contributed by atoms with Gasteiger partial charge in [0.1, 0.15) is 0 Å². The minimum absolute atomic E-state index is 0.212. The molecule has 2 rings (SSSR count). The van der Waals surface area contributed by atoms with Gasteiger partial charge in [0.05, 0.1) is 0 Å². The van der Waals surface area contributed by atoms with Gasteiger partial charge in [-0.25, -0.2) is 0 Å². The predicted octanol–water partition coefficient (Wildman–Crippen LogP) is 0.544. The molecule has 1 heterocycles. The van der Waals surface area contributed by atoms with Gasteiger partial charge >= 0.3 is 0 Å². The highest BCUT2D eigenvalue weighted by Gasteiger charge is 2.25. The van der Waals surface area contributed by atoms with Gasteiger partial charge in [-0.2, -0.15) is 0 Å². The minimum atomic E-state index is -0.212. The Hall–Kier alpha value is -1.69. The van der Waals surface area contributed by atoms with Crippen molar-refractivity contribution in [2.75, 3.05) is 25.0 Å². The smallest absolute Gasteiger partial charge is 0.271 e. The zero-order valence-corrected chi connectivity index (χ0v) is 11.3. The summed E-state index contributed by atoms with van der Waals surface area (Å²) in [4.78, 5) is 13.7. The molecule has 19 heavy (non-hydrogen) atoms. The molecule has 1 saturated carbocycles. The highest BCUT2D eigenvalue weighted by atomic mass is 16.1. The van der Waals surface area contributed by atoms with Crippen LogP contribution in [0.3, 0.4) is 0 Å². The van der Waals surface area contributed by atoms with E-state index in [2.05, 4.69) is 20.4 Å². The molecule has 0 aromatic carbocycles. The van der Waals surface area contributed by atoms with Gasteiger partial charge in [-0.3, -0.25) is 4.79 Å². The van der Waals surface area contributed by atoms with E-state index in [1.807, 2.05) is 6.07 Å². The largest absolute Gasteiger partial charge is 0.354 e. The topological polar surface area (TPSA) is 84.1 Å². The number of nitrogens with two attached hydrogens (primary N) is 1. The fraction of sp³-hybridized carbons (Fsp3) is 0.615.